The van der Waals surface area contributed by atoms with Gasteiger partial charge in [-0.1, -0.05) is 41.1 Å². The molecule has 3 aromatic rings. The number of amides is 1. The van der Waals surface area contributed by atoms with Crippen molar-refractivity contribution >= 4 is 39.2 Å². The van der Waals surface area contributed by atoms with Gasteiger partial charge < -0.3 is 14.5 Å². The summed E-state index contributed by atoms with van der Waals surface area (Å²) in [5, 5.41) is 5.91. The number of nitrogens with one attached hydrogen (secondary N) is 2. The summed E-state index contributed by atoms with van der Waals surface area (Å²) < 4.78 is 12.6. The number of furan rings is 1. The highest BCUT2D eigenvalue weighted by molar-refractivity contribution is 9.10. The molecule has 7 heteroatoms. The van der Waals surface area contributed by atoms with Crippen LogP contribution in [-0.4, -0.2) is 17.1 Å². The molecule has 30 heavy (non-hydrogen) atoms. The number of hydrogen-bond donors (Lipinski definition) is 2. The average molecular weight is 487 g/mol. The zero-order valence-electron chi connectivity index (χ0n) is 16.8. The van der Waals surface area contributed by atoms with Crippen molar-refractivity contribution in [2.75, 3.05) is 0 Å². The Balaban J connectivity index is 1.53. The summed E-state index contributed by atoms with van der Waals surface area (Å²) in [5.74, 6) is 1.85. The minimum absolute atomic E-state index is 0.0849. The molecule has 0 saturated carbocycles. The first kappa shape index (κ1) is 22.1. The van der Waals surface area contributed by atoms with E-state index in [4.69, 9.17) is 21.4 Å². The Kier molecular flexibility index (Phi) is 7.65. The van der Waals surface area contributed by atoms with Crippen molar-refractivity contribution in [3.05, 3.63) is 76.5 Å². The summed E-state index contributed by atoms with van der Waals surface area (Å²) in [6.07, 6.45) is 0.974. The van der Waals surface area contributed by atoms with Gasteiger partial charge in [-0.15, -0.1) is 0 Å². The van der Waals surface area contributed by atoms with Crippen LogP contribution in [0.15, 0.2) is 69.6 Å². The lowest BCUT2D eigenvalue weighted by Crippen LogP contribution is -2.38. The fourth-order valence-electron chi connectivity index (χ4n) is 2.66. The van der Waals surface area contributed by atoms with Crippen molar-refractivity contribution in [2.24, 2.45) is 0 Å². The molecule has 1 unspecified atom stereocenters. The maximum Gasteiger partial charge on any atom is 0.257 e. The predicted octanol–water partition coefficient (Wildman–Crippen LogP) is 5.69. The van der Waals surface area contributed by atoms with Gasteiger partial charge in [0.15, 0.2) is 5.11 Å². The summed E-state index contributed by atoms with van der Waals surface area (Å²) >= 11 is 8.67. The van der Waals surface area contributed by atoms with Gasteiger partial charge in [0.25, 0.3) is 5.91 Å². The summed E-state index contributed by atoms with van der Waals surface area (Å²) in [5.41, 5.74) is 1.47. The molecule has 0 spiro atoms. The normalized spacial score (nSPS) is 11.6. The molecular weight excluding hydrogens is 464 g/mol. The van der Waals surface area contributed by atoms with Crippen LogP contribution in [-0.2, 0) is 6.54 Å². The van der Waals surface area contributed by atoms with Crippen molar-refractivity contribution < 1.29 is 13.9 Å². The van der Waals surface area contributed by atoms with Crippen LogP contribution in [0, 0.1) is 0 Å². The van der Waals surface area contributed by atoms with E-state index in [0.717, 1.165) is 22.2 Å². The molecule has 1 aromatic heterocycles. The fourth-order valence-corrected chi connectivity index (χ4v) is 3.08. The van der Waals surface area contributed by atoms with E-state index >= 15 is 0 Å². The number of ether oxygens (including phenoxy) is 1. The van der Waals surface area contributed by atoms with Gasteiger partial charge in [0.05, 0.1) is 12.6 Å². The summed E-state index contributed by atoms with van der Waals surface area (Å²) in [6.45, 7) is 4.40. The molecule has 1 atom stereocenters. The lowest BCUT2D eigenvalue weighted by molar-refractivity contribution is 0.0975. The summed E-state index contributed by atoms with van der Waals surface area (Å²) in [6, 6.07) is 18.7. The van der Waals surface area contributed by atoms with Gasteiger partial charge in [0.2, 0.25) is 0 Å². The number of halogens is 1. The number of carbonyl (C=O) groups is 1. The minimum atomic E-state index is -0.294. The molecule has 1 heterocycles. The van der Waals surface area contributed by atoms with Gasteiger partial charge in [-0.2, -0.15) is 0 Å². The maximum absolute atomic E-state index is 12.5. The highest BCUT2D eigenvalue weighted by Gasteiger charge is 2.11. The molecule has 156 valence electrons. The van der Waals surface area contributed by atoms with Crippen LogP contribution in [0.1, 0.15) is 36.4 Å². The van der Waals surface area contributed by atoms with Crippen LogP contribution in [0.4, 0.5) is 0 Å². The Hall–Kier alpha value is -2.64. The van der Waals surface area contributed by atoms with Crippen LogP contribution >= 0.6 is 28.1 Å². The quantitative estimate of drug-likeness (QED) is 0.419. The van der Waals surface area contributed by atoms with Crippen LogP contribution in [0.25, 0.3) is 11.3 Å². The van der Waals surface area contributed by atoms with E-state index < -0.39 is 0 Å². The standard InChI is InChI=1S/C23H23BrN2O3S/c1-3-15(2)28-19-6-4-5-17(13-19)22(27)26-23(30)25-14-20-11-12-21(29-20)16-7-9-18(24)10-8-16/h4-13,15H,3,14H2,1-2H3,(H2,25,26,27,30). The first-order chi connectivity index (χ1) is 14.4. The second-order valence-electron chi connectivity index (χ2n) is 6.77. The lowest BCUT2D eigenvalue weighted by Gasteiger charge is -2.13. The SMILES string of the molecule is CCC(C)Oc1cccc(C(=O)NC(=S)NCc2ccc(-c3ccc(Br)cc3)o2)c1. The first-order valence-corrected chi connectivity index (χ1v) is 10.8. The molecule has 0 aliphatic heterocycles. The van der Waals surface area contributed by atoms with Crippen molar-refractivity contribution in [3.63, 3.8) is 0 Å². The molecule has 0 aliphatic carbocycles. The first-order valence-electron chi connectivity index (χ1n) is 9.65. The van der Waals surface area contributed by atoms with E-state index in [-0.39, 0.29) is 17.1 Å². The van der Waals surface area contributed by atoms with Crippen molar-refractivity contribution in [1.82, 2.24) is 10.6 Å². The van der Waals surface area contributed by atoms with Gasteiger partial charge in [0.1, 0.15) is 17.3 Å². The Morgan fingerprint density at radius 2 is 1.93 bits per heavy atom. The molecule has 2 N–H and O–H groups in total. The van der Waals surface area contributed by atoms with Gasteiger partial charge in [0, 0.05) is 15.6 Å². The number of benzene rings is 2. The Bertz CT molecular complexity index is 1020. The van der Waals surface area contributed by atoms with Crippen LogP contribution in [0.2, 0.25) is 0 Å². The number of thiocarbonyl (C=S) groups is 1. The van der Waals surface area contributed by atoms with Gasteiger partial charge in [-0.3, -0.25) is 10.1 Å². The molecule has 2 aromatic carbocycles. The monoisotopic (exact) mass is 486 g/mol. The Labute approximate surface area is 189 Å². The highest BCUT2D eigenvalue weighted by Crippen LogP contribution is 2.24. The molecule has 0 bridgehead atoms. The Morgan fingerprint density at radius 1 is 1.17 bits per heavy atom. The second-order valence-corrected chi connectivity index (χ2v) is 8.10. The zero-order chi connectivity index (χ0) is 21.5. The number of hydrogen-bond acceptors (Lipinski definition) is 4. The van der Waals surface area contributed by atoms with Crippen molar-refractivity contribution in [2.45, 2.75) is 32.9 Å². The highest BCUT2D eigenvalue weighted by atomic mass is 79.9. The maximum atomic E-state index is 12.5. The molecule has 3 rings (SSSR count). The third kappa shape index (κ3) is 6.18. The zero-order valence-corrected chi connectivity index (χ0v) is 19.2. The molecule has 0 radical (unpaired) electrons. The van der Waals surface area contributed by atoms with E-state index in [1.807, 2.05) is 56.3 Å². The number of rotatable bonds is 7. The number of carbonyl (C=O) groups excluding carboxylic acids is 1. The predicted molar refractivity (Wildman–Crippen MR) is 126 cm³/mol. The fraction of sp³-hybridized carbons (Fsp3) is 0.217. The minimum Gasteiger partial charge on any atom is -0.491 e. The average Bonchev–Trinajstić information content (AvgIpc) is 3.22. The topological polar surface area (TPSA) is 63.5 Å². The Morgan fingerprint density at radius 3 is 2.67 bits per heavy atom. The van der Waals surface area contributed by atoms with Crippen LogP contribution in [0.5, 0.6) is 5.75 Å². The molecule has 0 fully saturated rings. The van der Waals surface area contributed by atoms with Gasteiger partial charge >= 0.3 is 0 Å². The van der Waals surface area contributed by atoms with Crippen molar-refractivity contribution in [3.8, 4) is 17.1 Å². The van der Waals surface area contributed by atoms with Gasteiger partial charge in [-0.05, 0) is 68.0 Å². The molecule has 5 nitrogen and oxygen atoms in total. The third-order valence-corrected chi connectivity index (χ3v) is 5.22. The van der Waals surface area contributed by atoms with E-state index in [1.54, 1.807) is 18.2 Å². The van der Waals surface area contributed by atoms with Crippen molar-refractivity contribution in [1.29, 1.82) is 0 Å². The molecular formula is C23H23BrN2O3S. The summed E-state index contributed by atoms with van der Waals surface area (Å²) in [4.78, 5) is 12.5. The summed E-state index contributed by atoms with van der Waals surface area (Å²) in [7, 11) is 0. The molecule has 1 amide bonds. The van der Waals surface area contributed by atoms with E-state index in [1.165, 1.54) is 0 Å². The van der Waals surface area contributed by atoms with E-state index in [2.05, 4.69) is 26.6 Å². The second kappa shape index (κ2) is 10.4. The largest absolute Gasteiger partial charge is 0.491 e. The van der Waals surface area contributed by atoms with Crippen LogP contribution < -0.4 is 15.4 Å². The van der Waals surface area contributed by atoms with E-state index in [9.17, 15) is 4.79 Å². The third-order valence-electron chi connectivity index (χ3n) is 4.45. The van der Waals surface area contributed by atoms with E-state index in [0.29, 0.717) is 23.6 Å². The van der Waals surface area contributed by atoms with Gasteiger partial charge in [-0.25, -0.2) is 0 Å². The molecule has 0 saturated heterocycles. The molecule has 0 aliphatic rings. The smallest absolute Gasteiger partial charge is 0.257 e. The van der Waals surface area contributed by atoms with Crippen LogP contribution in [0.3, 0.4) is 0 Å². The lowest BCUT2D eigenvalue weighted by atomic mass is 10.2.